The molecule has 2 aliphatic rings. The summed E-state index contributed by atoms with van der Waals surface area (Å²) in [5.74, 6) is 0.540. The van der Waals surface area contributed by atoms with Gasteiger partial charge in [0.2, 0.25) is 11.8 Å². The molecular weight excluding hydrogens is 429 g/mol. The summed E-state index contributed by atoms with van der Waals surface area (Å²) in [6.07, 6.45) is -1.87. The van der Waals surface area contributed by atoms with Crippen molar-refractivity contribution >= 4 is 23.4 Å². The van der Waals surface area contributed by atoms with Crippen molar-refractivity contribution < 1.29 is 27.8 Å². The highest BCUT2D eigenvalue weighted by Gasteiger charge is 2.51. The average molecular weight is 461 g/mol. The molecule has 1 spiro atoms. The number of amides is 1. The molecule has 1 aromatic heterocycles. The lowest BCUT2D eigenvalue weighted by molar-refractivity contribution is -0.189. The predicted molar refractivity (Wildman–Crippen MR) is 115 cm³/mol. The van der Waals surface area contributed by atoms with Crippen LogP contribution in [-0.2, 0) is 4.79 Å². The molecule has 1 atom stereocenters. The minimum Gasteiger partial charge on any atom is -0.465 e. The van der Waals surface area contributed by atoms with E-state index < -0.39 is 23.3 Å². The maximum atomic E-state index is 13.2. The number of halogens is 3. The Bertz CT molecular complexity index is 785. The van der Waals surface area contributed by atoms with Gasteiger partial charge in [0.1, 0.15) is 0 Å². The number of nitrogens with zero attached hydrogens (tertiary/aromatic N) is 2. The maximum Gasteiger partial charge on any atom is 0.425 e. The second-order valence-corrected chi connectivity index (χ2v) is 11.6. The number of carbonyl (C=O) groups excluding carboxylic acids is 1. The molecule has 31 heavy (non-hydrogen) atoms. The molecule has 2 fully saturated rings. The smallest absolute Gasteiger partial charge is 0.425 e. The number of pyridine rings is 1. The van der Waals surface area contributed by atoms with E-state index in [4.69, 9.17) is 4.74 Å². The van der Waals surface area contributed by atoms with Crippen LogP contribution in [0.4, 0.5) is 18.9 Å². The Morgan fingerprint density at radius 2 is 1.84 bits per heavy atom. The molecule has 0 aromatic carbocycles. The average Bonchev–Trinajstić information content (AvgIpc) is 2.99. The third-order valence-corrected chi connectivity index (χ3v) is 7.76. The molecule has 9 heteroatoms. The van der Waals surface area contributed by atoms with Gasteiger partial charge in [-0.2, -0.15) is 24.9 Å². The summed E-state index contributed by atoms with van der Waals surface area (Å²) >= 11 is 1.74. The van der Waals surface area contributed by atoms with Crippen molar-refractivity contribution in [2.45, 2.75) is 82.4 Å². The highest BCUT2D eigenvalue weighted by molar-refractivity contribution is 8.00. The molecule has 1 N–H and O–H groups in total. The van der Waals surface area contributed by atoms with Crippen molar-refractivity contribution in [3.05, 3.63) is 18.3 Å². The lowest BCUT2D eigenvalue weighted by atomic mass is 9.68. The van der Waals surface area contributed by atoms with Crippen molar-refractivity contribution in [1.29, 1.82) is 0 Å². The Hall–Kier alpha value is -1.48. The van der Waals surface area contributed by atoms with Gasteiger partial charge in [0, 0.05) is 23.1 Å². The van der Waals surface area contributed by atoms with E-state index in [1.54, 1.807) is 22.7 Å². The molecule has 1 aliphatic carbocycles. The number of hydrogen-bond donors (Lipinski definition) is 1. The number of thioether (sulfide) groups is 1. The summed E-state index contributed by atoms with van der Waals surface area (Å²) < 4.78 is 42.9. The standard InChI is InChI=1S/C22H31F3N2O3S/c1-15(22(23,24)25)30-17-6-5-16(13-26-17)27-12-11-20(18(27)28)7-9-21(29,10-8-20)14-31-19(2,3)4/h5-6,13,15,29H,7-12,14H2,1-4H3/t15-,20-,21+/m0/s1. The molecule has 0 unspecified atom stereocenters. The van der Waals surface area contributed by atoms with Gasteiger partial charge in [-0.15, -0.1) is 0 Å². The van der Waals surface area contributed by atoms with Crippen molar-refractivity contribution in [1.82, 2.24) is 4.98 Å². The van der Waals surface area contributed by atoms with Gasteiger partial charge >= 0.3 is 6.18 Å². The van der Waals surface area contributed by atoms with E-state index in [2.05, 4.69) is 25.8 Å². The molecule has 0 radical (unpaired) electrons. The Labute approximate surface area is 185 Å². The number of rotatable bonds is 5. The Balaban J connectivity index is 1.61. The van der Waals surface area contributed by atoms with Crippen LogP contribution in [0, 0.1) is 5.41 Å². The SMILES string of the molecule is C[C@H](Oc1ccc(N2CC[C@]3(CC[C@@](O)(CSC(C)(C)C)CC3)C2=O)cn1)C(F)(F)F. The third-order valence-electron chi connectivity index (χ3n) is 6.22. The Morgan fingerprint density at radius 1 is 1.19 bits per heavy atom. The highest BCUT2D eigenvalue weighted by atomic mass is 32.2. The van der Waals surface area contributed by atoms with E-state index in [9.17, 15) is 23.1 Å². The normalized spacial score (nSPS) is 28.3. The second kappa shape index (κ2) is 8.46. The van der Waals surface area contributed by atoms with Crippen molar-refractivity contribution in [2.75, 3.05) is 17.2 Å². The van der Waals surface area contributed by atoms with Gasteiger partial charge in [-0.05, 0) is 45.1 Å². The topological polar surface area (TPSA) is 62.7 Å². The van der Waals surface area contributed by atoms with Gasteiger partial charge in [-0.3, -0.25) is 4.79 Å². The lowest BCUT2D eigenvalue weighted by Gasteiger charge is -2.41. The predicted octanol–water partition coefficient (Wildman–Crippen LogP) is 4.97. The number of hydrogen-bond acceptors (Lipinski definition) is 5. The van der Waals surface area contributed by atoms with E-state index in [1.807, 2.05) is 0 Å². The van der Waals surface area contributed by atoms with Crippen LogP contribution in [0.3, 0.4) is 0 Å². The number of aromatic nitrogens is 1. The molecule has 174 valence electrons. The molecule has 2 heterocycles. The molecule has 1 aliphatic heterocycles. The summed E-state index contributed by atoms with van der Waals surface area (Å²) in [4.78, 5) is 18.8. The fourth-order valence-corrected chi connectivity index (χ4v) is 5.06. The monoisotopic (exact) mass is 460 g/mol. The van der Waals surface area contributed by atoms with Gasteiger partial charge in [0.05, 0.1) is 22.9 Å². The number of alkyl halides is 3. The summed E-state index contributed by atoms with van der Waals surface area (Å²) in [5.41, 5.74) is -0.663. The molecule has 3 rings (SSSR count). The summed E-state index contributed by atoms with van der Waals surface area (Å²) in [6, 6.07) is 2.93. The number of aliphatic hydroxyl groups is 1. The van der Waals surface area contributed by atoms with E-state index in [1.165, 1.54) is 12.3 Å². The van der Waals surface area contributed by atoms with Crippen LogP contribution >= 0.6 is 11.8 Å². The first kappa shape index (κ1) is 24.2. The zero-order chi connectivity index (χ0) is 23.1. The van der Waals surface area contributed by atoms with Gasteiger partial charge in [-0.25, -0.2) is 4.98 Å². The van der Waals surface area contributed by atoms with E-state index in [-0.39, 0.29) is 16.5 Å². The zero-order valence-electron chi connectivity index (χ0n) is 18.5. The van der Waals surface area contributed by atoms with Crippen LogP contribution in [0.25, 0.3) is 0 Å². The van der Waals surface area contributed by atoms with Crippen molar-refractivity contribution in [3.63, 3.8) is 0 Å². The van der Waals surface area contributed by atoms with Gasteiger partial charge in [0.15, 0.2) is 6.10 Å². The molecule has 1 amide bonds. The molecule has 5 nitrogen and oxygen atoms in total. The van der Waals surface area contributed by atoms with Crippen LogP contribution in [-0.4, -0.2) is 50.9 Å². The summed E-state index contributed by atoms with van der Waals surface area (Å²) in [5, 5.41) is 11.0. The Kier molecular flexibility index (Phi) is 6.60. The van der Waals surface area contributed by atoms with Crippen LogP contribution < -0.4 is 9.64 Å². The van der Waals surface area contributed by atoms with Crippen LogP contribution in [0.2, 0.25) is 0 Å². The molecule has 0 bridgehead atoms. The first-order valence-corrected chi connectivity index (χ1v) is 11.6. The number of carbonyl (C=O) groups is 1. The van der Waals surface area contributed by atoms with Crippen molar-refractivity contribution in [2.24, 2.45) is 5.41 Å². The first-order chi connectivity index (χ1) is 14.2. The van der Waals surface area contributed by atoms with Gasteiger partial charge in [-0.1, -0.05) is 20.8 Å². The molecular formula is C22H31F3N2O3S. The van der Waals surface area contributed by atoms with Crippen molar-refractivity contribution in [3.8, 4) is 5.88 Å². The van der Waals surface area contributed by atoms with Crippen LogP contribution in [0.15, 0.2) is 18.3 Å². The minimum atomic E-state index is -4.47. The number of anilines is 1. The lowest BCUT2D eigenvalue weighted by Crippen LogP contribution is -2.45. The van der Waals surface area contributed by atoms with Gasteiger partial charge in [0.25, 0.3) is 0 Å². The second-order valence-electron chi connectivity index (χ2n) is 9.77. The van der Waals surface area contributed by atoms with E-state index in [0.29, 0.717) is 50.1 Å². The Morgan fingerprint density at radius 3 is 2.35 bits per heavy atom. The highest BCUT2D eigenvalue weighted by Crippen LogP contribution is 2.49. The largest absolute Gasteiger partial charge is 0.465 e. The quantitative estimate of drug-likeness (QED) is 0.672. The van der Waals surface area contributed by atoms with E-state index in [0.717, 1.165) is 6.92 Å². The van der Waals surface area contributed by atoms with Crippen LogP contribution in [0.1, 0.15) is 59.8 Å². The summed E-state index contributed by atoms with van der Waals surface area (Å²) in [7, 11) is 0. The molecule has 1 saturated carbocycles. The fraction of sp³-hybridized carbons (Fsp3) is 0.727. The molecule has 1 saturated heterocycles. The van der Waals surface area contributed by atoms with Gasteiger partial charge < -0.3 is 14.7 Å². The first-order valence-electron chi connectivity index (χ1n) is 10.6. The van der Waals surface area contributed by atoms with Crippen LogP contribution in [0.5, 0.6) is 5.88 Å². The zero-order valence-corrected chi connectivity index (χ0v) is 19.3. The maximum absolute atomic E-state index is 13.2. The fourth-order valence-electron chi connectivity index (χ4n) is 4.07. The minimum absolute atomic E-state index is 0.0113. The molecule has 1 aromatic rings. The summed E-state index contributed by atoms with van der Waals surface area (Å²) in [6.45, 7) is 7.83. The number of ether oxygens (including phenoxy) is 1. The van der Waals surface area contributed by atoms with E-state index >= 15 is 0 Å². The third kappa shape index (κ3) is 5.66.